The van der Waals surface area contributed by atoms with Crippen LogP contribution in [-0.4, -0.2) is 136 Å². The van der Waals surface area contributed by atoms with E-state index in [9.17, 15) is 45.6 Å². The molecule has 5 rings (SSSR count). The summed E-state index contributed by atoms with van der Waals surface area (Å²) < 4.78 is 39.3. The molecule has 0 bridgehead atoms. The normalized spacial score (nSPS) is 34.6. The molecule has 2 saturated heterocycles. The van der Waals surface area contributed by atoms with Crippen molar-refractivity contribution in [3.63, 3.8) is 0 Å². The molecule has 3 aliphatic rings. The van der Waals surface area contributed by atoms with Gasteiger partial charge in [0.15, 0.2) is 17.6 Å². The van der Waals surface area contributed by atoms with E-state index < -0.39 is 74.0 Å². The largest absolute Gasteiger partial charge is 0.493 e. The highest BCUT2D eigenvalue weighted by molar-refractivity contribution is 5.73. The standard InChI is InChI=1S/C29H36O16/c1-39-15-6-5-14(24(40-2)25(15)44-29-23(36)20(33)21(34)26(45-29)27(37)38)12-7-11-3-4-13(8-16(11)41-10-12)42-28-22(35)19(32)18(31)17(9-30)43-28/h3-6,8,12,17-23,26,28-36H,7,9-10H2,1-2H3,(H,37,38)/t12?,17-,18-,19+,20+,21+,22-,23-,26+,28-,29-/m1/s1. The second-order valence-electron chi connectivity index (χ2n) is 10.9. The molecule has 0 radical (unpaired) electrons. The summed E-state index contributed by atoms with van der Waals surface area (Å²) >= 11 is 0. The summed E-state index contributed by atoms with van der Waals surface area (Å²) in [5.41, 5.74) is 1.39. The molecule has 0 amide bonds. The summed E-state index contributed by atoms with van der Waals surface area (Å²) in [6.07, 6.45) is -15.9. The van der Waals surface area contributed by atoms with Crippen molar-refractivity contribution in [2.45, 2.75) is 73.8 Å². The van der Waals surface area contributed by atoms with Gasteiger partial charge in [0.2, 0.25) is 18.3 Å². The topological polar surface area (TPSA) is 244 Å². The highest BCUT2D eigenvalue weighted by atomic mass is 16.7. The minimum Gasteiger partial charge on any atom is -0.493 e. The van der Waals surface area contributed by atoms with Gasteiger partial charge in [-0.15, -0.1) is 0 Å². The number of aliphatic carboxylic acids is 1. The summed E-state index contributed by atoms with van der Waals surface area (Å²) in [5.74, 6) is -0.842. The van der Waals surface area contributed by atoms with E-state index in [1.54, 1.807) is 30.3 Å². The lowest BCUT2D eigenvalue weighted by atomic mass is 9.89. The zero-order chi connectivity index (χ0) is 32.6. The van der Waals surface area contributed by atoms with Gasteiger partial charge in [0.1, 0.15) is 54.2 Å². The molecule has 2 fully saturated rings. The molecule has 16 heteroatoms. The highest BCUT2D eigenvalue weighted by Crippen LogP contribution is 2.46. The van der Waals surface area contributed by atoms with Crippen LogP contribution < -0.4 is 23.7 Å². The summed E-state index contributed by atoms with van der Waals surface area (Å²) in [5, 5.41) is 79.9. The minimum atomic E-state index is -1.89. The van der Waals surface area contributed by atoms with E-state index >= 15 is 0 Å². The van der Waals surface area contributed by atoms with E-state index in [-0.39, 0.29) is 35.5 Å². The summed E-state index contributed by atoms with van der Waals surface area (Å²) in [6.45, 7) is -0.434. The fraction of sp³-hybridized carbons (Fsp3) is 0.552. The molecule has 0 spiro atoms. The van der Waals surface area contributed by atoms with Crippen LogP contribution >= 0.6 is 0 Å². The molecule has 3 aliphatic heterocycles. The van der Waals surface area contributed by atoms with E-state index in [2.05, 4.69) is 0 Å². The van der Waals surface area contributed by atoms with Gasteiger partial charge in [-0.3, -0.25) is 0 Å². The lowest BCUT2D eigenvalue weighted by molar-refractivity contribution is -0.277. The molecule has 11 atom stereocenters. The van der Waals surface area contributed by atoms with Crippen molar-refractivity contribution in [3.05, 3.63) is 41.5 Å². The van der Waals surface area contributed by atoms with Crippen molar-refractivity contribution in [1.82, 2.24) is 0 Å². The lowest BCUT2D eigenvalue weighted by Crippen LogP contribution is -2.61. The smallest absolute Gasteiger partial charge is 0.335 e. The van der Waals surface area contributed by atoms with Crippen LogP contribution in [0.2, 0.25) is 0 Å². The maximum atomic E-state index is 11.6. The Morgan fingerprint density at radius 2 is 1.51 bits per heavy atom. The molecule has 0 aromatic heterocycles. The Morgan fingerprint density at radius 3 is 2.16 bits per heavy atom. The molecular formula is C29H36O16. The number of carboxylic acid groups (broad SMARTS) is 1. The van der Waals surface area contributed by atoms with E-state index in [4.69, 9.17) is 33.2 Å². The van der Waals surface area contributed by atoms with Gasteiger partial charge in [0.05, 0.1) is 27.4 Å². The highest BCUT2D eigenvalue weighted by Gasteiger charge is 2.49. The second kappa shape index (κ2) is 13.5. The monoisotopic (exact) mass is 640 g/mol. The number of ether oxygens (including phenoxy) is 7. The molecule has 0 saturated carbocycles. The van der Waals surface area contributed by atoms with Gasteiger partial charge in [-0.25, -0.2) is 4.79 Å². The predicted molar refractivity (Wildman–Crippen MR) is 147 cm³/mol. The maximum absolute atomic E-state index is 11.6. The number of hydrogen-bond acceptors (Lipinski definition) is 15. The molecule has 2 aromatic carbocycles. The number of carbonyl (C=O) groups is 1. The summed E-state index contributed by atoms with van der Waals surface area (Å²) in [7, 11) is 2.74. The van der Waals surface area contributed by atoms with Crippen LogP contribution in [-0.2, 0) is 20.7 Å². The molecule has 0 aliphatic carbocycles. The number of benzene rings is 2. The molecule has 8 N–H and O–H groups in total. The van der Waals surface area contributed by atoms with E-state index in [1.807, 2.05) is 0 Å². The Morgan fingerprint density at radius 1 is 0.822 bits per heavy atom. The van der Waals surface area contributed by atoms with E-state index in [1.165, 1.54) is 14.2 Å². The first kappa shape index (κ1) is 32.9. The molecule has 16 nitrogen and oxygen atoms in total. The van der Waals surface area contributed by atoms with Gasteiger partial charge in [0, 0.05) is 17.5 Å². The Labute approximate surface area is 256 Å². The number of aliphatic hydroxyl groups is 7. The Bertz CT molecular complexity index is 1350. The van der Waals surface area contributed by atoms with Crippen molar-refractivity contribution in [2.24, 2.45) is 0 Å². The quantitative estimate of drug-likeness (QED) is 0.146. The number of fused-ring (bicyclic) bond motifs is 1. The third-order valence-corrected chi connectivity index (χ3v) is 8.06. The van der Waals surface area contributed by atoms with Crippen molar-refractivity contribution in [1.29, 1.82) is 0 Å². The number of methoxy groups -OCH3 is 2. The zero-order valence-electron chi connectivity index (χ0n) is 24.2. The van der Waals surface area contributed by atoms with Gasteiger partial charge in [0.25, 0.3) is 0 Å². The molecule has 3 heterocycles. The van der Waals surface area contributed by atoms with Crippen LogP contribution in [0.1, 0.15) is 17.0 Å². The fourth-order valence-corrected chi connectivity index (χ4v) is 5.55. The average molecular weight is 641 g/mol. The molecule has 1 unspecified atom stereocenters. The van der Waals surface area contributed by atoms with E-state index in [0.29, 0.717) is 17.7 Å². The number of hydrogen-bond donors (Lipinski definition) is 8. The van der Waals surface area contributed by atoms with Gasteiger partial charge in [-0.05, 0) is 24.1 Å². The lowest BCUT2D eigenvalue weighted by Gasteiger charge is -2.39. The van der Waals surface area contributed by atoms with Crippen LogP contribution in [0.5, 0.6) is 28.7 Å². The Kier molecular flexibility index (Phi) is 9.88. The molecule has 2 aromatic rings. The summed E-state index contributed by atoms with van der Waals surface area (Å²) in [4.78, 5) is 11.6. The van der Waals surface area contributed by atoms with Crippen LogP contribution in [0.25, 0.3) is 0 Å². The first-order valence-electron chi connectivity index (χ1n) is 14.1. The molecule has 248 valence electrons. The number of carboxylic acids is 1. The third-order valence-electron chi connectivity index (χ3n) is 8.06. The van der Waals surface area contributed by atoms with Crippen LogP contribution in [0, 0.1) is 0 Å². The first-order valence-corrected chi connectivity index (χ1v) is 14.1. The Balaban J connectivity index is 1.35. The van der Waals surface area contributed by atoms with Gasteiger partial charge < -0.3 is 74.0 Å². The average Bonchev–Trinajstić information content (AvgIpc) is 3.04. The zero-order valence-corrected chi connectivity index (χ0v) is 24.2. The number of aliphatic hydroxyl groups excluding tert-OH is 7. The van der Waals surface area contributed by atoms with Crippen LogP contribution in [0.3, 0.4) is 0 Å². The van der Waals surface area contributed by atoms with Gasteiger partial charge in [-0.2, -0.15) is 0 Å². The third kappa shape index (κ3) is 6.33. The van der Waals surface area contributed by atoms with E-state index in [0.717, 1.165) is 5.56 Å². The fourth-order valence-electron chi connectivity index (χ4n) is 5.55. The van der Waals surface area contributed by atoms with Gasteiger partial charge in [-0.1, -0.05) is 12.1 Å². The first-order chi connectivity index (χ1) is 21.5. The minimum absolute atomic E-state index is 0.0386. The Hall–Kier alpha value is -3.45. The summed E-state index contributed by atoms with van der Waals surface area (Å²) in [6, 6.07) is 8.23. The molecule has 45 heavy (non-hydrogen) atoms. The van der Waals surface area contributed by atoms with Crippen molar-refractivity contribution >= 4 is 5.97 Å². The predicted octanol–water partition coefficient (Wildman–Crippen LogP) is -2.13. The van der Waals surface area contributed by atoms with Crippen molar-refractivity contribution in [2.75, 3.05) is 27.4 Å². The van der Waals surface area contributed by atoms with Crippen molar-refractivity contribution < 1.29 is 78.8 Å². The SMILES string of the molecule is COc1ccc(C2COc3cc(O[C@@H]4O[C@H](CO)[C@@H](O)[C@H](O)[C@H]4O)ccc3C2)c(OC)c1O[C@@H]1O[C@H](C(=O)O)[C@@H](O)[C@H](O)[C@H]1O. The number of rotatable bonds is 9. The molecular weight excluding hydrogens is 604 g/mol. The van der Waals surface area contributed by atoms with Gasteiger partial charge >= 0.3 is 5.97 Å². The van der Waals surface area contributed by atoms with Crippen LogP contribution in [0.15, 0.2) is 30.3 Å². The van der Waals surface area contributed by atoms with Crippen molar-refractivity contribution in [3.8, 4) is 28.7 Å². The van der Waals surface area contributed by atoms with Crippen LogP contribution in [0.4, 0.5) is 0 Å². The maximum Gasteiger partial charge on any atom is 0.335 e. The second-order valence-corrected chi connectivity index (χ2v) is 10.9.